The maximum Gasteiger partial charge on any atom is 0.337 e. The number of nitrogens with zero attached hydrogens (tertiary/aromatic N) is 1. The number of aliphatic carboxylic acids is 1. The van der Waals surface area contributed by atoms with Gasteiger partial charge in [-0.2, -0.15) is 11.8 Å². The molecule has 1 saturated heterocycles. The fraction of sp³-hybridized carbons (Fsp3) is 0.300. The minimum Gasteiger partial charge on any atom is -0.481 e. The Kier molecular flexibility index (Phi) is 6.88. The molecule has 8 nitrogen and oxygen atoms in total. The van der Waals surface area contributed by atoms with Gasteiger partial charge < -0.3 is 15.1 Å². The van der Waals surface area contributed by atoms with Gasteiger partial charge in [-0.3, -0.25) is 9.52 Å². The Balaban J connectivity index is 1.79. The molecule has 2 aromatic carbocycles. The zero-order valence-corrected chi connectivity index (χ0v) is 17.7. The predicted octanol–water partition coefficient (Wildman–Crippen LogP) is 2.76. The zero-order chi connectivity index (χ0) is 21.7. The number of benzene rings is 2. The molecule has 30 heavy (non-hydrogen) atoms. The van der Waals surface area contributed by atoms with Crippen LogP contribution in [0.4, 0.5) is 11.4 Å². The summed E-state index contributed by atoms with van der Waals surface area (Å²) >= 11 is 1.81. The molecule has 0 atom stereocenters. The molecule has 3 N–H and O–H groups in total. The molecule has 160 valence electrons. The van der Waals surface area contributed by atoms with Crippen molar-refractivity contribution >= 4 is 45.1 Å². The first-order chi connectivity index (χ1) is 14.3. The number of carboxylic acid groups (broad SMARTS) is 2. The molecule has 0 aliphatic carbocycles. The molecule has 2 aromatic rings. The van der Waals surface area contributed by atoms with Gasteiger partial charge in [0.25, 0.3) is 10.0 Å². The molecular weight excluding hydrogens is 428 g/mol. The minimum atomic E-state index is -3.92. The van der Waals surface area contributed by atoms with Crippen LogP contribution >= 0.6 is 11.8 Å². The summed E-state index contributed by atoms with van der Waals surface area (Å²) in [4.78, 5) is 24.4. The number of carbonyl (C=O) groups is 2. The molecule has 0 bridgehead atoms. The van der Waals surface area contributed by atoms with E-state index in [-0.39, 0.29) is 22.6 Å². The Morgan fingerprint density at radius 1 is 1.03 bits per heavy atom. The monoisotopic (exact) mass is 450 g/mol. The summed E-state index contributed by atoms with van der Waals surface area (Å²) in [5, 5.41) is 18.3. The maximum atomic E-state index is 12.7. The van der Waals surface area contributed by atoms with Crippen molar-refractivity contribution in [2.45, 2.75) is 17.7 Å². The van der Waals surface area contributed by atoms with Gasteiger partial charge in [0.15, 0.2) is 0 Å². The summed E-state index contributed by atoms with van der Waals surface area (Å²) in [5.74, 6) is -0.215. The van der Waals surface area contributed by atoms with Crippen LogP contribution in [0.25, 0.3) is 0 Å². The van der Waals surface area contributed by atoms with Crippen molar-refractivity contribution in [3.05, 3.63) is 53.6 Å². The highest BCUT2D eigenvalue weighted by molar-refractivity contribution is 7.99. The Labute approximate surface area is 179 Å². The first-order valence-electron chi connectivity index (χ1n) is 9.30. The smallest absolute Gasteiger partial charge is 0.337 e. The summed E-state index contributed by atoms with van der Waals surface area (Å²) in [7, 11) is -3.92. The van der Waals surface area contributed by atoms with Crippen LogP contribution < -0.4 is 9.62 Å². The number of aromatic carboxylic acids is 1. The van der Waals surface area contributed by atoms with Gasteiger partial charge in [0.1, 0.15) is 0 Å². The summed E-state index contributed by atoms with van der Waals surface area (Å²) < 4.78 is 27.8. The van der Waals surface area contributed by atoms with Crippen LogP contribution in [0.5, 0.6) is 0 Å². The van der Waals surface area contributed by atoms with Crippen molar-refractivity contribution in [3.63, 3.8) is 0 Å². The number of carboxylic acids is 2. The molecule has 0 saturated carbocycles. The third-order valence-corrected chi connectivity index (χ3v) is 7.03. The van der Waals surface area contributed by atoms with E-state index in [1.165, 1.54) is 18.2 Å². The lowest BCUT2D eigenvalue weighted by Crippen LogP contribution is -2.33. The van der Waals surface area contributed by atoms with Crippen LogP contribution in [-0.2, 0) is 21.2 Å². The van der Waals surface area contributed by atoms with Gasteiger partial charge in [-0.05, 0) is 42.3 Å². The van der Waals surface area contributed by atoms with Crippen molar-refractivity contribution in [2.75, 3.05) is 34.2 Å². The molecule has 0 unspecified atom stereocenters. The highest BCUT2D eigenvalue weighted by atomic mass is 32.2. The van der Waals surface area contributed by atoms with E-state index in [1.54, 1.807) is 24.3 Å². The van der Waals surface area contributed by atoms with Gasteiger partial charge in [0.2, 0.25) is 0 Å². The van der Waals surface area contributed by atoms with E-state index >= 15 is 0 Å². The van der Waals surface area contributed by atoms with Crippen LogP contribution in [-0.4, -0.2) is 55.2 Å². The van der Waals surface area contributed by atoms with Crippen LogP contribution in [0.3, 0.4) is 0 Å². The molecule has 10 heteroatoms. The van der Waals surface area contributed by atoms with Crippen LogP contribution in [0.15, 0.2) is 47.4 Å². The fourth-order valence-electron chi connectivity index (χ4n) is 3.15. The second kappa shape index (κ2) is 9.40. The summed E-state index contributed by atoms with van der Waals surface area (Å²) in [6, 6.07) is 10.5. The Bertz CT molecular complexity index is 1030. The van der Waals surface area contributed by atoms with E-state index < -0.39 is 22.0 Å². The number of nitrogens with one attached hydrogen (secondary N) is 1. The van der Waals surface area contributed by atoms with E-state index in [2.05, 4.69) is 4.72 Å². The Morgan fingerprint density at radius 3 is 2.30 bits per heavy atom. The number of hydrogen-bond acceptors (Lipinski definition) is 6. The van der Waals surface area contributed by atoms with Gasteiger partial charge in [0.05, 0.1) is 16.1 Å². The summed E-state index contributed by atoms with van der Waals surface area (Å²) in [6.07, 6.45) is 0.270. The molecule has 3 rings (SSSR count). The summed E-state index contributed by atoms with van der Waals surface area (Å²) in [6.45, 7) is 1.48. The third kappa shape index (κ3) is 5.45. The SMILES string of the molecule is O=C(O)CCc1ccc(S(=O)(=O)Nc2ccc(N3CCSCC3)c(C(=O)O)c2)cc1. The highest BCUT2D eigenvalue weighted by Crippen LogP contribution is 2.28. The number of sulfonamides is 1. The zero-order valence-electron chi connectivity index (χ0n) is 16.1. The molecule has 1 aliphatic heterocycles. The first-order valence-corrected chi connectivity index (χ1v) is 11.9. The normalized spacial score (nSPS) is 14.3. The summed E-state index contributed by atoms with van der Waals surface area (Å²) in [5.41, 5.74) is 1.51. The molecular formula is C20H22N2O6S2. The van der Waals surface area contributed by atoms with Crippen LogP contribution in [0, 0.1) is 0 Å². The number of hydrogen-bond donors (Lipinski definition) is 3. The molecule has 1 aliphatic rings. The largest absolute Gasteiger partial charge is 0.481 e. The van der Waals surface area contributed by atoms with Crippen molar-refractivity contribution in [2.24, 2.45) is 0 Å². The lowest BCUT2D eigenvalue weighted by atomic mass is 10.1. The number of thioether (sulfide) groups is 1. The highest BCUT2D eigenvalue weighted by Gasteiger charge is 2.21. The van der Waals surface area contributed by atoms with Crippen molar-refractivity contribution in [3.8, 4) is 0 Å². The standard InChI is InChI=1S/C20H22N2O6S2/c23-19(24)8-3-14-1-5-16(6-2-14)30(27,28)21-15-4-7-18(17(13-15)20(25)26)22-9-11-29-12-10-22/h1-2,4-7,13,21H,3,8-12H2,(H,23,24)(H,25,26). The van der Waals surface area contributed by atoms with E-state index in [0.717, 1.165) is 24.6 Å². The molecule has 0 amide bonds. The van der Waals surface area contributed by atoms with Gasteiger partial charge >= 0.3 is 11.9 Å². The molecule has 1 heterocycles. The van der Waals surface area contributed by atoms with E-state index in [0.29, 0.717) is 17.7 Å². The lowest BCUT2D eigenvalue weighted by molar-refractivity contribution is -0.136. The van der Waals surface area contributed by atoms with E-state index in [1.807, 2.05) is 16.7 Å². The van der Waals surface area contributed by atoms with Crippen LogP contribution in [0.1, 0.15) is 22.3 Å². The van der Waals surface area contributed by atoms with E-state index in [9.17, 15) is 23.1 Å². The molecule has 0 aromatic heterocycles. The van der Waals surface area contributed by atoms with Gasteiger partial charge in [-0.15, -0.1) is 0 Å². The Morgan fingerprint density at radius 2 is 1.70 bits per heavy atom. The van der Waals surface area contributed by atoms with Gasteiger partial charge in [-0.25, -0.2) is 13.2 Å². The quantitative estimate of drug-likeness (QED) is 0.561. The number of anilines is 2. The predicted molar refractivity (Wildman–Crippen MR) is 116 cm³/mol. The fourth-order valence-corrected chi connectivity index (χ4v) is 5.10. The molecule has 0 spiro atoms. The van der Waals surface area contributed by atoms with Gasteiger partial charge in [-0.1, -0.05) is 12.1 Å². The second-order valence-corrected chi connectivity index (χ2v) is 9.69. The lowest BCUT2D eigenvalue weighted by Gasteiger charge is -2.29. The Hall–Kier alpha value is -2.72. The van der Waals surface area contributed by atoms with Crippen molar-refractivity contribution < 1.29 is 28.2 Å². The number of aryl methyl sites for hydroxylation is 1. The topological polar surface area (TPSA) is 124 Å². The van der Waals surface area contributed by atoms with Gasteiger partial charge in [0, 0.05) is 36.7 Å². The molecule has 1 fully saturated rings. The van der Waals surface area contributed by atoms with E-state index in [4.69, 9.17) is 5.11 Å². The minimum absolute atomic E-state index is 0.00980. The average molecular weight is 451 g/mol. The maximum absolute atomic E-state index is 12.7. The van der Waals surface area contributed by atoms with Crippen LogP contribution in [0.2, 0.25) is 0 Å². The number of rotatable bonds is 8. The van der Waals surface area contributed by atoms with Crippen molar-refractivity contribution in [1.29, 1.82) is 0 Å². The average Bonchev–Trinajstić information content (AvgIpc) is 2.73. The molecule has 0 radical (unpaired) electrons. The first kappa shape index (κ1) is 22.0. The van der Waals surface area contributed by atoms with Crippen molar-refractivity contribution in [1.82, 2.24) is 0 Å². The third-order valence-electron chi connectivity index (χ3n) is 4.69. The second-order valence-electron chi connectivity index (χ2n) is 6.78.